The van der Waals surface area contributed by atoms with E-state index in [2.05, 4.69) is 5.32 Å². The fourth-order valence-electron chi connectivity index (χ4n) is 1.59. The lowest BCUT2D eigenvalue weighted by Gasteiger charge is -2.21. The highest BCUT2D eigenvalue weighted by molar-refractivity contribution is 5.88. The second-order valence-corrected chi connectivity index (χ2v) is 5.40. The summed E-state index contributed by atoms with van der Waals surface area (Å²) < 4.78 is 10.2. The summed E-state index contributed by atoms with van der Waals surface area (Å²) in [5, 5.41) is 11.5. The quantitative estimate of drug-likeness (QED) is 0.785. The largest absolute Gasteiger partial charge is 0.497 e. The van der Waals surface area contributed by atoms with Crippen LogP contribution in [0.25, 0.3) is 0 Å². The number of nitrogens with one attached hydrogen (secondary N) is 1. The Hall–Kier alpha value is -2.28. The molecule has 4 N–H and O–H groups in total. The standard InChI is InChI=1S/C14H20N2O5/c1-14(2,3)21-13(19)16-10-7-8(20-4)5-6-9(10)11(15)12(17)18/h5-7,11H,15H2,1-4H3,(H,16,19)(H,17,18). The number of carboxylic acids is 1. The fourth-order valence-corrected chi connectivity index (χ4v) is 1.59. The molecule has 1 amide bonds. The number of benzene rings is 1. The van der Waals surface area contributed by atoms with E-state index in [1.807, 2.05) is 0 Å². The maximum absolute atomic E-state index is 11.8. The van der Waals surface area contributed by atoms with Gasteiger partial charge in [0.1, 0.15) is 17.4 Å². The first-order valence-electron chi connectivity index (χ1n) is 6.30. The van der Waals surface area contributed by atoms with E-state index in [-0.39, 0.29) is 11.3 Å². The molecule has 21 heavy (non-hydrogen) atoms. The van der Waals surface area contributed by atoms with Crippen molar-refractivity contribution in [2.24, 2.45) is 5.73 Å². The third kappa shape index (κ3) is 4.96. The van der Waals surface area contributed by atoms with E-state index in [1.54, 1.807) is 26.8 Å². The number of carboxylic acid groups (broad SMARTS) is 1. The fraction of sp³-hybridized carbons (Fsp3) is 0.429. The highest BCUT2D eigenvalue weighted by Gasteiger charge is 2.22. The molecule has 1 atom stereocenters. The van der Waals surface area contributed by atoms with Crippen LogP contribution < -0.4 is 15.8 Å². The van der Waals surface area contributed by atoms with Crippen LogP contribution in [-0.4, -0.2) is 29.9 Å². The van der Waals surface area contributed by atoms with Gasteiger partial charge in [0, 0.05) is 11.6 Å². The van der Waals surface area contributed by atoms with Gasteiger partial charge in [-0.15, -0.1) is 0 Å². The Morgan fingerprint density at radius 1 is 1.33 bits per heavy atom. The van der Waals surface area contributed by atoms with Gasteiger partial charge in [0.05, 0.1) is 12.8 Å². The summed E-state index contributed by atoms with van der Waals surface area (Å²) in [5.74, 6) is -0.741. The summed E-state index contributed by atoms with van der Waals surface area (Å²) in [7, 11) is 1.46. The zero-order valence-corrected chi connectivity index (χ0v) is 12.5. The molecule has 0 aliphatic rings. The number of nitrogens with two attached hydrogens (primary N) is 1. The van der Waals surface area contributed by atoms with Crippen LogP contribution in [0.15, 0.2) is 18.2 Å². The van der Waals surface area contributed by atoms with E-state index in [4.69, 9.17) is 20.3 Å². The Balaban J connectivity index is 3.07. The van der Waals surface area contributed by atoms with Gasteiger partial charge in [0.15, 0.2) is 0 Å². The summed E-state index contributed by atoms with van der Waals surface area (Å²) in [6.45, 7) is 5.17. The maximum Gasteiger partial charge on any atom is 0.412 e. The van der Waals surface area contributed by atoms with Crippen molar-refractivity contribution in [2.45, 2.75) is 32.4 Å². The number of rotatable bonds is 4. The van der Waals surface area contributed by atoms with Crippen molar-refractivity contribution in [3.8, 4) is 5.75 Å². The number of carbonyl (C=O) groups is 2. The van der Waals surface area contributed by atoms with Crippen LogP contribution in [0.1, 0.15) is 32.4 Å². The normalized spacial score (nSPS) is 12.4. The first-order chi connectivity index (χ1) is 9.64. The van der Waals surface area contributed by atoms with Crippen molar-refractivity contribution in [3.63, 3.8) is 0 Å². The number of methoxy groups -OCH3 is 1. The van der Waals surface area contributed by atoms with Gasteiger partial charge in [-0.1, -0.05) is 6.07 Å². The smallest absolute Gasteiger partial charge is 0.412 e. The third-order valence-electron chi connectivity index (χ3n) is 2.50. The van der Waals surface area contributed by atoms with Crippen LogP contribution in [0.2, 0.25) is 0 Å². The minimum absolute atomic E-state index is 0.235. The minimum atomic E-state index is -1.26. The molecule has 0 heterocycles. The van der Waals surface area contributed by atoms with E-state index >= 15 is 0 Å². The average molecular weight is 296 g/mol. The highest BCUT2D eigenvalue weighted by atomic mass is 16.6. The van der Waals surface area contributed by atoms with Crippen molar-refractivity contribution >= 4 is 17.7 Å². The molecule has 0 radical (unpaired) electrons. The topological polar surface area (TPSA) is 111 Å². The second-order valence-electron chi connectivity index (χ2n) is 5.40. The van der Waals surface area contributed by atoms with E-state index < -0.39 is 23.7 Å². The minimum Gasteiger partial charge on any atom is -0.497 e. The molecule has 1 aromatic rings. The van der Waals surface area contributed by atoms with Gasteiger partial charge in [0.25, 0.3) is 0 Å². The second kappa shape index (κ2) is 6.45. The van der Waals surface area contributed by atoms with Crippen LogP contribution in [0.3, 0.4) is 0 Å². The Morgan fingerprint density at radius 2 is 1.95 bits per heavy atom. The van der Waals surface area contributed by atoms with Crippen molar-refractivity contribution in [3.05, 3.63) is 23.8 Å². The molecule has 0 saturated carbocycles. The molecule has 0 spiro atoms. The van der Waals surface area contributed by atoms with Gasteiger partial charge in [-0.2, -0.15) is 0 Å². The maximum atomic E-state index is 11.8. The Labute approximate surface area is 123 Å². The number of carbonyl (C=O) groups excluding carboxylic acids is 1. The van der Waals surface area contributed by atoms with Crippen LogP contribution >= 0.6 is 0 Å². The Morgan fingerprint density at radius 3 is 2.43 bits per heavy atom. The molecule has 0 aliphatic heterocycles. The number of hydrogen-bond donors (Lipinski definition) is 3. The zero-order valence-electron chi connectivity index (χ0n) is 12.5. The molecular formula is C14H20N2O5. The molecule has 0 fully saturated rings. The number of amides is 1. The molecule has 7 heteroatoms. The molecule has 0 saturated heterocycles. The van der Waals surface area contributed by atoms with Gasteiger partial charge in [0.2, 0.25) is 0 Å². The molecule has 0 aromatic heterocycles. The van der Waals surface area contributed by atoms with Gasteiger partial charge in [-0.3, -0.25) is 10.1 Å². The van der Waals surface area contributed by atoms with Crippen molar-refractivity contribution in [1.82, 2.24) is 0 Å². The molecule has 1 aromatic carbocycles. The van der Waals surface area contributed by atoms with Crippen molar-refractivity contribution in [2.75, 3.05) is 12.4 Å². The third-order valence-corrected chi connectivity index (χ3v) is 2.50. The van der Waals surface area contributed by atoms with Gasteiger partial charge >= 0.3 is 12.1 Å². The van der Waals surface area contributed by atoms with Crippen LogP contribution in [0.4, 0.5) is 10.5 Å². The van der Waals surface area contributed by atoms with Crippen LogP contribution in [0.5, 0.6) is 5.75 Å². The molecular weight excluding hydrogens is 276 g/mol. The van der Waals surface area contributed by atoms with Crippen molar-refractivity contribution < 1.29 is 24.2 Å². The first kappa shape index (κ1) is 16.8. The predicted octanol–water partition coefficient (Wildman–Crippen LogP) is 2.13. The summed E-state index contributed by atoms with van der Waals surface area (Å²) in [5.41, 5.74) is 5.43. The monoisotopic (exact) mass is 296 g/mol. The molecule has 7 nitrogen and oxygen atoms in total. The number of aliphatic carboxylic acids is 1. The molecule has 116 valence electrons. The SMILES string of the molecule is COc1ccc(C(N)C(=O)O)c(NC(=O)OC(C)(C)C)c1. The highest BCUT2D eigenvalue weighted by Crippen LogP contribution is 2.27. The summed E-state index contributed by atoms with van der Waals surface area (Å²) in [6, 6.07) is 3.28. The average Bonchev–Trinajstić information content (AvgIpc) is 2.35. The van der Waals surface area contributed by atoms with Gasteiger partial charge < -0.3 is 20.3 Å². The van der Waals surface area contributed by atoms with E-state index in [0.717, 1.165) is 0 Å². The lowest BCUT2D eigenvalue weighted by atomic mass is 10.1. The number of hydrogen-bond acceptors (Lipinski definition) is 5. The van der Waals surface area contributed by atoms with E-state index in [0.29, 0.717) is 5.75 Å². The molecule has 1 rings (SSSR count). The summed E-state index contributed by atoms with van der Waals surface area (Å²) in [6.07, 6.45) is -0.699. The van der Waals surface area contributed by atoms with Crippen LogP contribution in [0, 0.1) is 0 Å². The summed E-state index contributed by atoms with van der Waals surface area (Å²) >= 11 is 0. The lowest BCUT2D eigenvalue weighted by molar-refractivity contribution is -0.138. The molecule has 0 aliphatic carbocycles. The van der Waals surface area contributed by atoms with E-state index in [9.17, 15) is 9.59 Å². The van der Waals surface area contributed by atoms with Crippen molar-refractivity contribution in [1.29, 1.82) is 0 Å². The Kier molecular flexibility index (Phi) is 5.15. The van der Waals surface area contributed by atoms with Gasteiger partial charge in [-0.05, 0) is 26.8 Å². The first-order valence-corrected chi connectivity index (χ1v) is 6.30. The Bertz CT molecular complexity index is 537. The van der Waals surface area contributed by atoms with Crippen LogP contribution in [-0.2, 0) is 9.53 Å². The predicted molar refractivity (Wildman–Crippen MR) is 77.4 cm³/mol. The van der Waals surface area contributed by atoms with Gasteiger partial charge in [-0.25, -0.2) is 4.79 Å². The lowest BCUT2D eigenvalue weighted by Crippen LogP contribution is -2.28. The number of ether oxygens (including phenoxy) is 2. The summed E-state index contributed by atoms with van der Waals surface area (Å²) in [4.78, 5) is 22.8. The molecule has 1 unspecified atom stereocenters. The molecule has 0 bridgehead atoms. The van der Waals surface area contributed by atoms with E-state index in [1.165, 1.54) is 19.2 Å². The zero-order chi connectivity index (χ0) is 16.2. The number of anilines is 1.